The smallest absolute Gasteiger partial charge is 0.460 e. The third-order valence-electron chi connectivity index (χ3n) is 7.97. The SMILES string of the molecule is CCCC(CC(=O)OCc1ccc(CCC(F)(F)C(F)(F)C(F)(F)C(F)(F)C(F)(F)C(F)(F)C(F)(F)C(F)(F)F)cc1)Sc1ccc2ccccc2c1. The van der Waals surface area contributed by atoms with Crippen molar-refractivity contribution in [2.75, 3.05) is 0 Å². The third-order valence-corrected chi connectivity index (χ3v) is 9.23. The van der Waals surface area contributed by atoms with Crippen molar-refractivity contribution in [3.8, 4) is 0 Å². The molecule has 2 nitrogen and oxygen atoms in total. The summed E-state index contributed by atoms with van der Waals surface area (Å²) in [7, 11) is 0. The molecule has 1 unspecified atom stereocenters. The highest BCUT2D eigenvalue weighted by Gasteiger charge is 2.95. The molecule has 1 atom stereocenters. The number of halogens is 17. The molecule has 0 aliphatic rings. The second kappa shape index (κ2) is 15.4. The van der Waals surface area contributed by atoms with E-state index in [1.165, 1.54) is 11.8 Å². The zero-order chi connectivity index (χ0) is 40.5. The quantitative estimate of drug-likeness (QED) is 0.0772. The molecule has 0 aliphatic carbocycles. The minimum Gasteiger partial charge on any atom is -0.461 e. The van der Waals surface area contributed by atoms with Crippen molar-refractivity contribution in [2.24, 2.45) is 0 Å². The molecule has 3 aromatic rings. The zero-order valence-corrected chi connectivity index (χ0v) is 27.6. The van der Waals surface area contributed by atoms with Crippen LogP contribution in [0.5, 0.6) is 0 Å². The lowest BCUT2D eigenvalue weighted by molar-refractivity contribution is -0.461. The molecule has 0 aliphatic heterocycles. The Kier molecular flexibility index (Phi) is 12.7. The molecular formula is C33H27F17O2S. The maximum absolute atomic E-state index is 14.3. The summed E-state index contributed by atoms with van der Waals surface area (Å²) in [5, 5.41) is 1.81. The Morgan fingerprint density at radius 1 is 0.623 bits per heavy atom. The van der Waals surface area contributed by atoms with E-state index < -0.39 is 72.0 Å². The van der Waals surface area contributed by atoms with Crippen LogP contribution in [0.15, 0.2) is 71.6 Å². The maximum Gasteiger partial charge on any atom is 0.460 e. The Morgan fingerprint density at radius 2 is 1.11 bits per heavy atom. The van der Waals surface area contributed by atoms with Crippen molar-refractivity contribution in [1.82, 2.24) is 0 Å². The van der Waals surface area contributed by atoms with Gasteiger partial charge in [-0.3, -0.25) is 4.79 Å². The lowest BCUT2D eigenvalue weighted by atomic mass is 9.87. The van der Waals surface area contributed by atoms with E-state index in [2.05, 4.69) is 0 Å². The van der Waals surface area contributed by atoms with Crippen molar-refractivity contribution in [1.29, 1.82) is 0 Å². The van der Waals surface area contributed by atoms with Gasteiger partial charge in [-0.15, -0.1) is 11.8 Å². The van der Waals surface area contributed by atoms with E-state index in [0.29, 0.717) is 6.42 Å². The fraction of sp³-hybridized carbons (Fsp3) is 0.485. The van der Waals surface area contributed by atoms with Gasteiger partial charge in [0.1, 0.15) is 6.61 Å². The van der Waals surface area contributed by atoms with Gasteiger partial charge in [0.2, 0.25) is 0 Å². The van der Waals surface area contributed by atoms with Crippen LogP contribution in [0.3, 0.4) is 0 Å². The van der Waals surface area contributed by atoms with Crippen LogP contribution in [0.4, 0.5) is 74.6 Å². The number of hydrogen-bond acceptors (Lipinski definition) is 3. The van der Waals surface area contributed by atoms with Gasteiger partial charge in [0, 0.05) is 16.6 Å². The number of carbonyl (C=O) groups is 1. The predicted octanol–water partition coefficient (Wildman–Crippen LogP) is 12.2. The Hall–Kier alpha value is -3.45. The van der Waals surface area contributed by atoms with Crippen LogP contribution in [0.2, 0.25) is 0 Å². The number of esters is 1. The summed E-state index contributed by atoms with van der Waals surface area (Å²) >= 11 is 1.45. The summed E-state index contributed by atoms with van der Waals surface area (Å²) in [6.45, 7) is 1.52. The molecule has 296 valence electrons. The fourth-order valence-corrected chi connectivity index (χ4v) is 6.12. The first-order valence-electron chi connectivity index (χ1n) is 15.2. The number of rotatable bonds is 17. The standard InChI is InChI=1S/C33H27F17O2S/c1-2-5-23(53-24-13-12-21-6-3-4-7-22(21)16-24)17-25(51)52-18-20-10-8-19(9-11-20)14-15-26(34,35)27(36,37)28(38,39)29(40,41)30(42,43)31(44,45)32(46,47)33(48,49)50/h3-4,6-13,16,23H,2,5,14-15,17-18H2,1H3. The number of carbonyl (C=O) groups excluding carboxylic acids is 1. The number of thioether (sulfide) groups is 1. The highest BCUT2D eigenvalue weighted by atomic mass is 32.2. The highest BCUT2D eigenvalue weighted by molar-refractivity contribution is 8.00. The second-order valence-electron chi connectivity index (χ2n) is 11.9. The first kappa shape index (κ1) is 44.0. The molecule has 0 saturated heterocycles. The molecule has 0 fully saturated rings. The summed E-state index contributed by atoms with van der Waals surface area (Å²) in [4.78, 5) is 13.5. The van der Waals surface area contributed by atoms with Gasteiger partial charge in [0.15, 0.2) is 0 Å². The van der Waals surface area contributed by atoms with Crippen molar-refractivity contribution in [3.63, 3.8) is 0 Å². The summed E-state index contributed by atoms with van der Waals surface area (Å²) < 4.78 is 235. The molecule has 0 radical (unpaired) electrons. The normalized spacial score (nSPS) is 14.8. The van der Waals surface area contributed by atoms with Crippen LogP contribution in [-0.4, -0.2) is 58.9 Å². The number of alkyl halides is 17. The minimum absolute atomic E-state index is 0.0231. The van der Waals surface area contributed by atoms with Gasteiger partial charge in [-0.2, -0.15) is 74.6 Å². The molecule has 0 N–H and O–H groups in total. The van der Waals surface area contributed by atoms with E-state index >= 15 is 0 Å². The van der Waals surface area contributed by atoms with Crippen LogP contribution in [0.25, 0.3) is 10.8 Å². The maximum atomic E-state index is 14.3. The highest BCUT2D eigenvalue weighted by Crippen LogP contribution is 2.64. The number of hydrogen-bond donors (Lipinski definition) is 0. The zero-order valence-electron chi connectivity index (χ0n) is 26.8. The number of fused-ring (bicyclic) bond motifs is 1. The average molecular weight is 811 g/mol. The first-order chi connectivity index (χ1) is 24.1. The van der Waals surface area contributed by atoms with Crippen LogP contribution in [0, 0.1) is 0 Å². The Balaban J connectivity index is 1.65. The molecule has 0 bridgehead atoms. The number of aryl methyl sites for hydroxylation is 1. The van der Waals surface area contributed by atoms with Crippen molar-refractivity contribution in [2.45, 2.75) is 103 Å². The summed E-state index contributed by atoms with van der Waals surface area (Å²) in [6, 6.07) is 17.4. The van der Waals surface area contributed by atoms with Gasteiger partial charge >= 0.3 is 53.6 Å². The van der Waals surface area contributed by atoms with Crippen LogP contribution >= 0.6 is 11.8 Å². The second-order valence-corrected chi connectivity index (χ2v) is 13.2. The van der Waals surface area contributed by atoms with E-state index in [0.717, 1.165) is 46.4 Å². The lowest BCUT2D eigenvalue weighted by Crippen LogP contribution is -2.74. The van der Waals surface area contributed by atoms with E-state index in [-0.39, 0.29) is 23.8 Å². The summed E-state index contributed by atoms with van der Waals surface area (Å²) in [6.07, 6.45) is -10.4. The molecule has 20 heteroatoms. The molecule has 3 rings (SSSR count). The number of benzene rings is 3. The molecule has 0 aromatic heterocycles. The Morgan fingerprint density at radius 3 is 1.64 bits per heavy atom. The monoisotopic (exact) mass is 810 g/mol. The van der Waals surface area contributed by atoms with E-state index in [1.54, 1.807) is 0 Å². The molecule has 0 saturated carbocycles. The topological polar surface area (TPSA) is 26.3 Å². The molecule has 53 heavy (non-hydrogen) atoms. The van der Waals surface area contributed by atoms with Gasteiger partial charge in [0.05, 0.1) is 6.42 Å². The van der Waals surface area contributed by atoms with Crippen molar-refractivity contribution >= 4 is 28.5 Å². The summed E-state index contributed by atoms with van der Waals surface area (Å²) in [5.74, 6) is -57.1. The Labute approximate surface area is 294 Å². The van der Waals surface area contributed by atoms with Crippen LogP contribution < -0.4 is 0 Å². The summed E-state index contributed by atoms with van der Waals surface area (Å²) in [5.41, 5.74) is -0.208. The lowest BCUT2D eigenvalue weighted by Gasteiger charge is -2.42. The minimum atomic E-state index is -8.66. The third kappa shape index (κ3) is 8.45. The van der Waals surface area contributed by atoms with E-state index in [4.69, 9.17) is 4.74 Å². The van der Waals surface area contributed by atoms with Gasteiger partial charge < -0.3 is 4.74 Å². The van der Waals surface area contributed by atoms with Gasteiger partial charge in [-0.25, -0.2) is 0 Å². The molecular weight excluding hydrogens is 783 g/mol. The van der Waals surface area contributed by atoms with E-state index in [1.807, 2.05) is 49.4 Å². The molecule has 0 heterocycles. The molecule has 0 spiro atoms. The average Bonchev–Trinajstić information content (AvgIpc) is 3.06. The largest absolute Gasteiger partial charge is 0.461 e. The fourth-order valence-electron chi connectivity index (χ4n) is 4.82. The van der Waals surface area contributed by atoms with Crippen LogP contribution in [-0.2, 0) is 22.6 Å². The van der Waals surface area contributed by atoms with Crippen molar-refractivity contribution in [3.05, 3.63) is 77.9 Å². The van der Waals surface area contributed by atoms with Crippen molar-refractivity contribution < 1.29 is 84.2 Å². The molecule has 3 aromatic carbocycles. The van der Waals surface area contributed by atoms with E-state index in [9.17, 15) is 79.4 Å². The predicted molar refractivity (Wildman–Crippen MR) is 158 cm³/mol. The Bertz CT molecular complexity index is 1710. The van der Waals surface area contributed by atoms with Gasteiger partial charge in [0.25, 0.3) is 0 Å². The van der Waals surface area contributed by atoms with Gasteiger partial charge in [-0.1, -0.05) is 67.9 Å². The molecule has 0 amide bonds. The number of ether oxygens (including phenoxy) is 1. The van der Waals surface area contributed by atoms with Crippen LogP contribution in [0.1, 0.15) is 43.7 Å². The van der Waals surface area contributed by atoms with Gasteiger partial charge in [-0.05, 0) is 46.9 Å². The first-order valence-corrected chi connectivity index (χ1v) is 16.1.